The molecule has 4 nitrogen and oxygen atoms in total. The van der Waals surface area contributed by atoms with Crippen LogP contribution in [0.25, 0.3) is 0 Å². The maximum absolute atomic E-state index is 12.1. The van der Waals surface area contributed by atoms with Crippen LogP contribution in [0, 0.1) is 17.4 Å². The van der Waals surface area contributed by atoms with E-state index in [4.69, 9.17) is 0 Å². The first-order valence-corrected chi connectivity index (χ1v) is 6.69. The minimum absolute atomic E-state index is 0.0521. The van der Waals surface area contributed by atoms with Crippen LogP contribution in [0.5, 0.6) is 0 Å². The summed E-state index contributed by atoms with van der Waals surface area (Å²) in [6.07, 6.45) is 1.73. The summed E-state index contributed by atoms with van der Waals surface area (Å²) in [6, 6.07) is 5.74. The summed E-state index contributed by atoms with van der Waals surface area (Å²) in [7, 11) is 0. The highest BCUT2D eigenvalue weighted by molar-refractivity contribution is 14.1. The molecule has 94 valence electrons. The van der Waals surface area contributed by atoms with E-state index in [2.05, 4.69) is 38.1 Å². The molecule has 0 aliphatic carbocycles. The molecule has 2 N–H and O–H groups in total. The van der Waals surface area contributed by atoms with Gasteiger partial charge in [0.25, 0.3) is 5.91 Å². The number of amides is 1. The predicted molar refractivity (Wildman–Crippen MR) is 78.4 cm³/mol. The molecule has 1 heterocycles. The normalized spacial score (nSPS) is 10.4. The number of aryl methyl sites for hydroxylation is 2. The Morgan fingerprint density at radius 1 is 1.44 bits per heavy atom. The summed E-state index contributed by atoms with van der Waals surface area (Å²) >= 11 is 2.20. The molecule has 0 saturated carbocycles. The standard InChI is InChI=1S/C13H14IN3O/c1-8-4-3-5-11(12(8)14)13(18)15-6-10-7-16-17-9(10)2/h3-5,7H,6H2,1-2H3,(H,15,18)(H,16,17). The zero-order chi connectivity index (χ0) is 13.1. The van der Waals surface area contributed by atoms with Crippen molar-refractivity contribution in [3.05, 3.63) is 50.4 Å². The van der Waals surface area contributed by atoms with Gasteiger partial charge in [0.15, 0.2) is 0 Å². The van der Waals surface area contributed by atoms with Gasteiger partial charge in [-0.2, -0.15) is 5.10 Å². The number of nitrogens with zero attached hydrogens (tertiary/aromatic N) is 1. The second-order valence-electron chi connectivity index (χ2n) is 4.14. The van der Waals surface area contributed by atoms with E-state index in [0.717, 1.165) is 26.0 Å². The van der Waals surface area contributed by atoms with Crippen LogP contribution in [-0.2, 0) is 6.54 Å². The van der Waals surface area contributed by atoms with Gasteiger partial charge in [-0.25, -0.2) is 0 Å². The molecule has 0 saturated heterocycles. The van der Waals surface area contributed by atoms with E-state index in [-0.39, 0.29) is 5.91 Å². The molecule has 2 aromatic rings. The number of rotatable bonds is 3. The zero-order valence-electron chi connectivity index (χ0n) is 10.2. The van der Waals surface area contributed by atoms with Crippen molar-refractivity contribution in [3.8, 4) is 0 Å². The van der Waals surface area contributed by atoms with E-state index in [1.54, 1.807) is 6.20 Å². The van der Waals surface area contributed by atoms with Crippen molar-refractivity contribution in [2.24, 2.45) is 0 Å². The fraction of sp³-hybridized carbons (Fsp3) is 0.231. The second-order valence-corrected chi connectivity index (χ2v) is 5.22. The van der Waals surface area contributed by atoms with E-state index in [1.165, 1.54) is 0 Å². The Hall–Kier alpha value is -1.37. The summed E-state index contributed by atoms with van der Waals surface area (Å²) in [4.78, 5) is 12.1. The minimum atomic E-state index is -0.0521. The van der Waals surface area contributed by atoms with Crippen LogP contribution in [0.3, 0.4) is 0 Å². The van der Waals surface area contributed by atoms with Crippen LogP contribution in [0.15, 0.2) is 24.4 Å². The number of carbonyl (C=O) groups excluding carboxylic acids is 1. The third kappa shape index (κ3) is 2.72. The fourth-order valence-corrected chi connectivity index (χ4v) is 2.25. The average molecular weight is 355 g/mol. The van der Waals surface area contributed by atoms with Gasteiger partial charge in [0.05, 0.1) is 11.8 Å². The number of H-pyrrole nitrogens is 1. The molecule has 0 spiro atoms. The molecule has 18 heavy (non-hydrogen) atoms. The summed E-state index contributed by atoms with van der Waals surface area (Å²) in [5, 5.41) is 9.68. The van der Waals surface area contributed by atoms with Crippen molar-refractivity contribution in [2.75, 3.05) is 0 Å². The SMILES string of the molecule is Cc1cccc(C(=O)NCc2cn[nH]c2C)c1I. The smallest absolute Gasteiger partial charge is 0.252 e. The summed E-state index contributed by atoms with van der Waals surface area (Å²) in [6.45, 7) is 4.43. The summed E-state index contributed by atoms with van der Waals surface area (Å²) < 4.78 is 0.997. The van der Waals surface area contributed by atoms with Gasteiger partial charge in [0, 0.05) is 21.4 Å². The lowest BCUT2D eigenvalue weighted by atomic mass is 10.1. The van der Waals surface area contributed by atoms with Crippen LogP contribution in [-0.4, -0.2) is 16.1 Å². The molecule has 0 aliphatic rings. The Kier molecular flexibility index (Phi) is 4.00. The Morgan fingerprint density at radius 2 is 2.22 bits per heavy atom. The number of aromatic amines is 1. The molecule has 0 bridgehead atoms. The Bertz CT molecular complexity index is 577. The maximum atomic E-state index is 12.1. The van der Waals surface area contributed by atoms with Crippen LogP contribution in [0.2, 0.25) is 0 Å². The number of halogens is 1. The second kappa shape index (κ2) is 5.51. The molecule has 1 aromatic carbocycles. The topological polar surface area (TPSA) is 57.8 Å². The van der Waals surface area contributed by atoms with Gasteiger partial charge < -0.3 is 5.32 Å². The van der Waals surface area contributed by atoms with Crippen molar-refractivity contribution in [3.63, 3.8) is 0 Å². The predicted octanol–water partition coefficient (Wildman–Crippen LogP) is 2.56. The molecular formula is C13H14IN3O. The molecule has 0 aliphatic heterocycles. The number of nitrogens with one attached hydrogen (secondary N) is 2. The molecule has 0 unspecified atom stereocenters. The molecule has 2 rings (SSSR count). The largest absolute Gasteiger partial charge is 0.348 e. The molecule has 0 fully saturated rings. The number of benzene rings is 1. The Balaban J connectivity index is 2.09. The Morgan fingerprint density at radius 3 is 2.89 bits per heavy atom. The molecule has 1 amide bonds. The van der Waals surface area contributed by atoms with Gasteiger partial charge >= 0.3 is 0 Å². The van der Waals surface area contributed by atoms with Crippen LogP contribution in [0.4, 0.5) is 0 Å². The number of aromatic nitrogens is 2. The van der Waals surface area contributed by atoms with Crippen molar-refractivity contribution < 1.29 is 4.79 Å². The monoisotopic (exact) mass is 355 g/mol. The Labute approximate surface area is 119 Å². The molecule has 0 atom stereocenters. The highest BCUT2D eigenvalue weighted by atomic mass is 127. The molecular weight excluding hydrogens is 341 g/mol. The molecule has 1 aromatic heterocycles. The van der Waals surface area contributed by atoms with Gasteiger partial charge in [0.1, 0.15) is 0 Å². The van der Waals surface area contributed by atoms with E-state index in [9.17, 15) is 4.79 Å². The van der Waals surface area contributed by atoms with E-state index >= 15 is 0 Å². The van der Waals surface area contributed by atoms with Crippen molar-refractivity contribution in [1.82, 2.24) is 15.5 Å². The first kappa shape index (κ1) is 13.1. The first-order valence-electron chi connectivity index (χ1n) is 5.61. The molecule has 5 heteroatoms. The van der Waals surface area contributed by atoms with E-state index < -0.39 is 0 Å². The van der Waals surface area contributed by atoms with Gasteiger partial charge in [-0.3, -0.25) is 9.89 Å². The van der Waals surface area contributed by atoms with Crippen molar-refractivity contribution >= 4 is 28.5 Å². The lowest BCUT2D eigenvalue weighted by Gasteiger charge is -2.08. The molecule has 0 radical (unpaired) electrons. The van der Waals surface area contributed by atoms with Crippen LogP contribution in [0.1, 0.15) is 27.2 Å². The third-order valence-electron chi connectivity index (χ3n) is 2.81. The highest BCUT2D eigenvalue weighted by Crippen LogP contribution is 2.16. The van der Waals surface area contributed by atoms with Crippen molar-refractivity contribution in [2.45, 2.75) is 20.4 Å². The van der Waals surface area contributed by atoms with Gasteiger partial charge in [-0.1, -0.05) is 12.1 Å². The number of hydrogen-bond acceptors (Lipinski definition) is 2. The number of carbonyl (C=O) groups is 1. The lowest BCUT2D eigenvalue weighted by Crippen LogP contribution is -2.24. The van der Waals surface area contributed by atoms with Gasteiger partial charge in [-0.05, 0) is 48.1 Å². The summed E-state index contributed by atoms with van der Waals surface area (Å²) in [5.74, 6) is -0.0521. The fourth-order valence-electron chi connectivity index (χ4n) is 1.65. The van der Waals surface area contributed by atoms with Crippen molar-refractivity contribution in [1.29, 1.82) is 0 Å². The van der Waals surface area contributed by atoms with Crippen LogP contribution >= 0.6 is 22.6 Å². The summed E-state index contributed by atoms with van der Waals surface area (Å²) in [5.41, 5.74) is 3.82. The lowest BCUT2D eigenvalue weighted by molar-refractivity contribution is 0.0950. The van der Waals surface area contributed by atoms with Gasteiger partial charge in [0.2, 0.25) is 0 Å². The zero-order valence-corrected chi connectivity index (χ0v) is 12.4. The van der Waals surface area contributed by atoms with E-state index in [0.29, 0.717) is 6.54 Å². The number of hydrogen-bond donors (Lipinski definition) is 2. The van der Waals surface area contributed by atoms with Gasteiger partial charge in [-0.15, -0.1) is 0 Å². The minimum Gasteiger partial charge on any atom is -0.348 e. The van der Waals surface area contributed by atoms with Crippen LogP contribution < -0.4 is 5.32 Å². The maximum Gasteiger partial charge on any atom is 0.252 e. The van der Waals surface area contributed by atoms with E-state index in [1.807, 2.05) is 32.0 Å². The quantitative estimate of drug-likeness (QED) is 0.832. The third-order valence-corrected chi connectivity index (χ3v) is 4.24. The highest BCUT2D eigenvalue weighted by Gasteiger charge is 2.11. The first-order chi connectivity index (χ1) is 8.59. The average Bonchev–Trinajstić information content (AvgIpc) is 2.75.